The van der Waals surface area contributed by atoms with Crippen LogP contribution in [0.5, 0.6) is 5.75 Å². The van der Waals surface area contributed by atoms with Gasteiger partial charge in [-0.15, -0.1) is 10.2 Å². The number of carbonyl (C=O) groups excluding carboxylic acids is 2. The molecule has 36 heavy (non-hydrogen) atoms. The Labute approximate surface area is 224 Å². The number of aryl methyl sites for hydroxylation is 3. The first kappa shape index (κ1) is 27.7. The molecule has 0 saturated carbocycles. The Morgan fingerprint density at radius 3 is 2.39 bits per heavy atom. The highest BCUT2D eigenvalue weighted by Gasteiger charge is 2.18. The summed E-state index contributed by atoms with van der Waals surface area (Å²) in [5.41, 5.74) is 4.02. The number of nitrogens with zero attached hydrogens (tertiary/aromatic N) is 3. The van der Waals surface area contributed by atoms with Crippen molar-refractivity contribution in [3.63, 3.8) is 0 Å². The molecule has 0 fully saturated rings. The quantitative estimate of drug-likeness (QED) is 0.311. The Bertz CT molecular complexity index is 1190. The highest BCUT2D eigenvalue weighted by molar-refractivity contribution is 9.10. The average Bonchev–Trinajstić information content (AvgIpc) is 3.25. The minimum absolute atomic E-state index is 0.119. The van der Waals surface area contributed by atoms with E-state index in [2.05, 4.69) is 43.7 Å². The van der Waals surface area contributed by atoms with Crippen LogP contribution in [-0.2, 0) is 29.1 Å². The van der Waals surface area contributed by atoms with Crippen LogP contribution in [0.15, 0.2) is 46.0 Å². The third kappa shape index (κ3) is 7.33. The summed E-state index contributed by atoms with van der Waals surface area (Å²) in [5, 5.41) is 14.9. The van der Waals surface area contributed by atoms with Gasteiger partial charge in [0.05, 0.1) is 12.3 Å². The van der Waals surface area contributed by atoms with E-state index in [9.17, 15) is 9.59 Å². The van der Waals surface area contributed by atoms with Gasteiger partial charge in [-0.1, -0.05) is 46.7 Å². The van der Waals surface area contributed by atoms with Gasteiger partial charge in [0.15, 0.2) is 17.1 Å². The van der Waals surface area contributed by atoms with Crippen molar-refractivity contribution in [2.24, 2.45) is 0 Å². The second-order valence-electron chi connectivity index (χ2n) is 8.37. The normalized spacial score (nSPS) is 11.7. The van der Waals surface area contributed by atoms with Crippen molar-refractivity contribution in [1.29, 1.82) is 0 Å². The number of hydrogen-bond acceptors (Lipinski definition) is 6. The summed E-state index contributed by atoms with van der Waals surface area (Å²) in [7, 11) is 0. The molecule has 8 nitrogen and oxygen atoms in total. The summed E-state index contributed by atoms with van der Waals surface area (Å²) in [5.74, 6) is 1.10. The highest BCUT2D eigenvalue weighted by Crippen LogP contribution is 2.26. The molecule has 3 aromatic rings. The molecule has 0 aliphatic rings. The zero-order valence-corrected chi connectivity index (χ0v) is 23.6. The average molecular weight is 575 g/mol. The van der Waals surface area contributed by atoms with Gasteiger partial charge in [0, 0.05) is 16.7 Å². The standard InChI is InChI=1S/C26H32BrN5O3S/c1-6-19-8-10-21(11-9-19)35-18(5)25(34)28-14-22-30-31-26(32(22)7-2)36-15-23(33)29-24-16(3)12-20(27)13-17(24)4/h8-13,18H,6-7,14-15H2,1-5H3,(H,28,34)(H,29,33)/t18-/m1/s1. The van der Waals surface area contributed by atoms with Crippen molar-refractivity contribution in [2.75, 3.05) is 11.1 Å². The summed E-state index contributed by atoms with van der Waals surface area (Å²) >= 11 is 4.78. The van der Waals surface area contributed by atoms with E-state index in [4.69, 9.17) is 4.74 Å². The molecule has 2 aromatic carbocycles. The van der Waals surface area contributed by atoms with Crippen LogP contribution in [-0.4, -0.2) is 38.4 Å². The minimum atomic E-state index is -0.654. The lowest BCUT2D eigenvalue weighted by Crippen LogP contribution is -2.36. The van der Waals surface area contributed by atoms with E-state index in [-0.39, 0.29) is 24.1 Å². The van der Waals surface area contributed by atoms with Crippen LogP contribution < -0.4 is 15.4 Å². The number of carbonyl (C=O) groups is 2. The molecule has 0 aliphatic heterocycles. The molecule has 0 radical (unpaired) electrons. The number of nitrogens with one attached hydrogen (secondary N) is 2. The van der Waals surface area contributed by atoms with Crippen LogP contribution in [0, 0.1) is 13.8 Å². The molecule has 10 heteroatoms. The van der Waals surface area contributed by atoms with Crippen molar-refractivity contribution < 1.29 is 14.3 Å². The van der Waals surface area contributed by atoms with Crippen LogP contribution >= 0.6 is 27.7 Å². The number of amides is 2. The first-order chi connectivity index (χ1) is 17.2. The van der Waals surface area contributed by atoms with Crippen molar-refractivity contribution in [2.45, 2.75) is 65.4 Å². The topological polar surface area (TPSA) is 98.1 Å². The van der Waals surface area contributed by atoms with Crippen molar-refractivity contribution in [3.05, 3.63) is 63.4 Å². The fourth-order valence-corrected chi connectivity index (χ4v) is 5.17. The minimum Gasteiger partial charge on any atom is -0.481 e. The smallest absolute Gasteiger partial charge is 0.261 e. The Morgan fingerprint density at radius 1 is 1.11 bits per heavy atom. The zero-order valence-electron chi connectivity index (χ0n) is 21.2. The van der Waals surface area contributed by atoms with Gasteiger partial charge in [-0.25, -0.2) is 0 Å². The Morgan fingerprint density at radius 2 is 1.78 bits per heavy atom. The van der Waals surface area contributed by atoms with Crippen molar-refractivity contribution in [1.82, 2.24) is 20.1 Å². The van der Waals surface area contributed by atoms with Crippen molar-refractivity contribution in [3.8, 4) is 5.75 Å². The molecular formula is C26H32BrN5O3S. The molecule has 0 bridgehead atoms. The van der Waals surface area contributed by atoms with Crippen molar-refractivity contribution >= 4 is 45.2 Å². The van der Waals surface area contributed by atoms with Gasteiger partial charge < -0.3 is 19.9 Å². The summed E-state index contributed by atoms with van der Waals surface area (Å²) in [6.45, 7) is 10.5. The number of halogens is 1. The summed E-state index contributed by atoms with van der Waals surface area (Å²) in [6, 6.07) is 11.7. The predicted molar refractivity (Wildman–Crippen MR) is 146 cm³/mol. The Kier molecular flexibility index (Phi) is 9.95. The van der Waals surface area contributed by atoms with Crippen LogP contribution in [0.3, 0.4) is 0 Å². The van der Waals surface area contributed by atoms with E-state index in [1.807, 2.05) is 61.7 Å². The lowest BCUT2D eigenvalue weighted by Gasteiger charge is -2.15. The maximum Gasteiger partial charge on any atom is 0.261 e. The van der Waals surface area contributed by atoms with Crippen LogP contribution in [0.2, 0.25) is 0 Å². The highest BCUT2D eigenvalue weighted by atomic mass is 79.9. The predicted octanol–water partition coefficient (Wildman–Crippen LogP) is 5.05. The van der Waals surface area contributed by atoms with Gasteiger partial charge >= 0.3 is 0 Å². The van der Waals surface area contributed by atoms with E-state index >= 15 is 0 Å². The van der Waals surface area contributed by atoms with Crippen LogP contribution in [0.25, 0.3) is 0 Å². The molecule has 0 saturated heterocycles. The second kappa shape index (κ2) is 12.9. The molecule has 0 aliphatic carbocycles. The van der Waals surface area contributed by atoms with Gasteiger partial charge in [0.1, 0.15) is 5.75 Å². The fraction of sp³-hybridized carbons (Fsp3) is 0.385. The zero-order chi connectivity index (χ0) is 26.2. The number of anilines is 1. The number of aromatic nitrogens is 3. The van der Waals surface area contributed by atoms with Gasteiger partial charge in [-0.3, -0.25) is 9.59 Å². The van der Waals surface area contributed by atoms with E-state index in [0.717, 1.165) is 27.7 Å². The third-order valence-electron chi connectivity index (χ3n) is 5.64. The monoisotopic (exact) mass is 573 g/mol. The SMILES string of the molecule is CCc1ccc(O[C@H](C)C(=O)NCc2nnc(SCC(=O)Nc3c(C)cc(Br)cc3C)n2CC)cc1. The number of thioether (sulfide) groups is 1. The molecule has 3 rings (SSSR count). The molecule has 1 atom stereocenters. The van der Waals surface area contributed by atoms with Crippen LogP contribution in [0.4, 0.5) is 5.69 Å². The molecular weight excluding hydrogens is 542 g/mol. The molecule has 192 valence electrons. The van der Waals surface area contributed by atoms with E-state index in [1.54, 1.807) is 6.92 Å². The summed E-state index contributed by atoms with van der Waals surface area (Å²) < 4.78 is 8.63. The maximum atomic E-state index is 12.6. The maximum absolute atomic E-state index is 12.6. The molecule has 2 amide bonds. The fourth-order valence-electron chi connectivity index (χ4n) is 3.66. The molecule has 1 heterocycles. The lowest BCUT2D eigenvalue weighted by molar-refractivity contribution is -0.127. The molecule has 2 N–H and O–H groups in total. The third-order valence-corrected chi connectivity index (χ3v) is 7.06. The number of ether oxygens (including phenoxy) is 1. The van der Waals surface area contributed by atoms with E-state index in [0.29, 0.717) is 23.3 Å². The molecule has 0 unspecified atom stereocenters. The second-order valence-corrected chi connectivity index (χ2v) is 10.2. The van der Waals surface area contributed by atoms with Gasteiger partial charge in [-0.05, 0) is 75.1 Å². The van der Waals surface area contributed by atoms with E-state index in [1.165, 1.54) is 17.3 Å². The van der Waals surface area contributed by atoms with Gasteiger partial charge in [0.2, 0.25) is 5.91 Å². The Balaban J connectivity index is 1.53. The van der Waals surface area contributed by atoms with E-state index < -0.39 is 6.10 Å². The number of rotatable bonds is 11. The largest absolute Gasteiger partial charge is 0.481 e. The first-order valence-corrected chi connectivity index (χ1v) is 13.6. The molecule has 0 spiro atoms. The Hall–Kier alpha value is -2.85. The summed E-state index contributed by atoms with van der Waals surface area (Å²) in [4.78, 5) is 25.1. The lowest BCUT2D eigenvalue weighted by atomic mass is 10.1. The van der Waals surface area contributed by atoms with Gasteiger partial charge in [-0.2, -0.15) is 0 Å². The van der Waals surface area contributed by atoms with Gasteiger partial charge in [0.25, 0.3) is 5.91 Å². The van der Waals surface area contributed by atoms with Crippen LogP contribution in [0.1, 0.15) is 43.3 Å². The molecule has 1 aromatic heterocycles. The summed E-state index contributed by atoms with van der Waals surface area (Å²) in [6.07, 6.45) is 0.294. The first-order valence-electron chi connectivity index (χ1n) is 11.9. The number of hydrogen-bond donors (Lipinski definition) is 2. The number of benzene rings is 2.